The normalized spacial score (nSPS) is 18.5. The van der Waals surface area contributed by atoms with E-state index in [4.69, 9.17) is 25.8 Å². The average molecular weight is 477 g/mol. The van der Waals surface area contributed by atoms with Gasteiger partial charge in [0.05, 0.1) is 43.3 Å². The van der Waals surface area contributed by atoms with E-state index in [0.717, 1.165) is 11.1 Å². The Kier molecular flexibility index (Phi) is 7.17. The van der Waals surface area contributed by atoms with E-state index in [-0.39, 0.29) is 31.2 Å². The Labute approximate surface area is 196 Å². The number of carbonyl (C=O) groups excluding carboxylic acids is 2. The highest BCUT2D eigenvalue weighted by Gasteiger charge is 2.46. The van der Waals surface area contributed by atoms with Crippen LogP contribution < -0.4 is 10.6 Å². The van der Waals surface area contributed by atoms with E-state index in [2.05, 4.69) is 10.6 Å². The number of halogens is 2. The quantitative estimate of drug-likeness (QED) is 0.615. The fourth-order valence-electron chi connectivity index (χ4n) is 4.05. The number of hydrogen-bond donors (Lipinski definition) is 2. The van der Waals surface area contributed by atoms with Crippen molar-refractivity contribution >= 4 is 29.2 Å². The summed E-state index contributed by atoms with van der Waals surface area (Å²) in [5.74, 6) is -2.78. The van der Waals surface area contributed by atoms with Crippen LogP contribution in [0.4, 0.5) is 10.1 Å². The Hall–Kier alpha value is -2.68. The SMILES string of the molecule is C[C@H](COCc1ccc(F)cc1)Nc1c(Cl)ccc2c1CCNCC21OC(=O)CCC(=O)O1. The first-order valence-corrected chi connectivity index (χ1v) is 11.3. The highest BCUT2D eigenvalue weighted by Crippen LogP contribution is 2.40. The molecule has 2 aliphatic heterocycles. The molecule has 0 radical (unpaired) electrons. The monoisotopic (exact) mass is 476 g/mol. The maximum atomic E-state index is 13.1. The average Bonchev–Trinajstić information content (AvgIpc) is 3.04. The van der Waals surface area contributed by atoms with Crippen molar-refractivity contribution in [3.8, 4) is 0 Å². The van der Waals surface area contributed by atoms with Gasteiger partial charge in [0, 0.05) is 11.6 Å². The molecule has 0 saturated carbocycles. The molecule has 2 aliphatic rings. The lowest BCUT2D eigenvalue weighted by atomic mass is 9.96. The van der Waals surface area contributed by atoms with Gasteiger partial charge in [-0.05, 0) is 55.3 Å². The van der Waals surface area contributed by atoms with E-state index < -0.39 is 17.7 Å². The van der Waals surface area contributed by atoms with Crippen LogP contribution in [0.25, 0.3) is 0 Å². The smallest absolute Gasteiger partial charge is 0.309 e. The van der Waals surface area contributed by atoms with Gasteiger partial charge >= 0.3 is 11.9 Å². The van der Waals surface area contributed by atoms with Gasteiger partial charge in [0.1, 0.15) is 5.82 Å². The van der Waals surface area contributed by atoms with Crippen molar-refractivity contribution in [1.29, 1.82) is 0 Å². The number of ether oxygens (including phenoxy) is 3. The predicted octanol–water partition coefficient (Wildman–Crippen LogP) is 3.68. The second kappa shape index (κ2) is 10.1. The van der Waals surface area contributed by atoms with Crippen LogP contribution >= 0.6 is 11.6 Å². The molecule has 33 heavy (non-hydrogen) atoms. The highest BCUT2D eigenvalue weighted by molar-refractivity contribution is 6.33. The van der Waals surface area contributed by atoms with Crippen molar-refractivity contribution in [2.75, 3.05) is 25.0 Å². The topological polar surface area (TPSA) is 85.9 Å². The van der Waals surface area contributed by atoms with Gasteiger partial charge in [-0.1, -0.05) is 23.7 Å². The van der Waals surface area contributed by atoms with Gasteiger partial charge in [0.2, 0.25) is 0 Å². The van der Waals surface area contributed by atoms with Crippen molar-refractivity contribution in [3.63, 3.8) is 0 Å². The lowest BCUT2D eigenvalue weighted by Gasteiger charge is -2.32. The Bertz CT molecular complexity index is 1010. The summed E-state index contributed by atoms with van der Waals surface area (Å²) >= 11 is 6.55. The van der Waals surface area contributed by atoms with Gasteiger partial charge in [0.25, 0.3) is 5.79 Å². The Morgan fingerprint density at radius 2 is 1.82 bits per heavy atom. The first kappa shape index (κ1) is 23.5. The zero-order valence-electron chi connectivity index (χ0n) is 18.3. The number of carbonyl (C=O) groups is 2. The summed E-state index contributed by atoms with van der Waals surface area (Å²) in [7, 11) is 0. The standard InChI is InChI=1S/C24H26ClFN2O5/c1-15(12-31-13-16-2-4-17(26)5-3-16)28-23-18-10-11-27-14-24(19(18)6-7-20(23)25)32-21(29)8-9-22(30)33-24/h2-7,15,27-28H,8-14H2,1H3/t15-/m1/s1. The zero-order chi connectivity index (χ0) is 23.4. The second-order valence-electron chi connectivity index (χ2n) is 8.26. The van der Waals surface area contributed by atoms with Crippen LogP contribution in [-0.2, 0) is 42.6 Å². The van der Waals surface area contributed by atoms with Crippen LogP contribution in [0.2, 0.25) is 5.02 Å². The summed E-state index contributed by atoms with van der Waals surface area (Å²) in [6.07, 6.45) is 0.562. The Morgan fingerprint density at radius 1 is 1.12 bits per heavy atom. The van der Waals surface area contributed by atoms with E-state index in [1.807, 2.05) is 6.92 Å². The van der Waals surface area contributed by atoms with Crippen molar-refractivity contribution in [3.05, 3.63) is 63.9 Å². The summed E-state index contributed by atoms with van der Waals surface area (Å²) in [4.78, 5) is 24.5. The fourth-order valence-corrected chi connectivity index (χ4v) is 4.28. The first-order valence-electron chi connectivity index (χ1n) is 10.9. The minimum atomic E-state index is -1.53. The zero-order valence-corrected chi connectivity index (χ0v) is 19.0. The highest BCUT2D eigenvalue weighted by atomic mass is 35.5. The summed E-state index contributed by atoms with van der Waals surface area (Å²) in [5.41, 5.74) is 2.98. The predicted molar refractivity (Wildman–Crippen MR) is 120 cm³/mol. The minimum Gasteiger partial charge on any atom is -0.416 e. The third-order valence-electron chi connectivity index (χ3n) is 5.61. The molecule has 1 spiro atoms. The van der Waals surface area contributed by atoms with E-state index in [9.17, 15) is 14.0 Å². The molecule has 1 atom stereocenters. The summed E-state index contributed by atoms with van der Waals surface area (Å²) in [5, 5.41) is 7.10. The molecule has 1 saturated heterocycles. The van der Waals surface area contributed by atoms with E-state index in [1.165, 1.54) is 12.1 Å². The summed E-state index contributed by atoms with van der Waals surface area (Å²) in [6, 6.07) is 9.51. The molecule has 2 N–H and O–H groups in total. The van der Waals surface area contributed by atoms with Crippen LogP contribution in [0, 0.1) is 5.82 Å². The first-order chi connectivity index (χ1) is 15.9. The maximum absolute atomic E-state index is 13.1. The molecule has 4 rings (SSSR count). The third-order valence-corrected chi connectivity index (χ3v) is 5.93. The van der Waals surface area contributed by atoms with Gasteiger partial charge in [-0.2, -0.15) is 0 Å². The molecule has 0 aliphatic carbocycles. The lowest BCUT2D eigenvalue weighted by Crippen LogP contribution is -2.43. The summed E-state index contributed by atoms with van der Waals surface area (Å²) in [6.45, 7) is 3.44. The molecule has 0 unspecified atom stereocenters. The molecule has 176 valence electrons. The number of hydrogen-bond acceptors (Lipinski definition) is 7. The second-order valence-corrected chi connectivity index (χ2v) is 8.67. The number of benzene rings is 2. The molecule has 2 heterocycles. The lowest BCUT2D eigenvalue weighted by molar-refractivity contribution is -0.225. The number of anilines is 1. The van der Waals surface area contributed by atoms with Gasteiger partial charge < -0.3 is 24.8 Å². The molecular weight excluding hydrogens is 451 g/mol. The molecule has 2 aromatic rings. The van der Waals surface area contributed by atoms with E-state index in [0.29, 0.717) is 42.5 Å². The molecular formula is C24H26ClFN2O5. The third kappa shape index (κ3) is 5.46. The number of esters is 2. The molecule has 1 fully saturated rings. The fraction of sp³-hybridized carbons (Fsp3) is 0.417. The van der Waals surface area contributed by atoms with E-state index >= 15 is 0 Å². The van der Waals surface area contributed by atoms with Gasteiger partial charge in [-0.25, -0.2) is 4.39 Å². The molecule has 2 aromatic carbocycles. The number of rotatable bonds is 6. The van der Waals surface area contributed by atoms with Gasteiger partial charge in [-0.15, -0.1) is 0 Å². The summed E-state index contributed by atoms with van der Waals surface area (Å²) < 4.78 is 30.2. The molecule has 7 nitrogen and oxygen atoms in total. The number of nitrogens with one attached hydrogen (secondary N) is 2. The molecule has 0 amide bonds. The minimum absolute atomic E-state index is 0.0168. The van der Waals surface area contributed by atoms with Crippen LogP contribution in [0.5, 0.6) is 0 Å². The maximum Gasteiger partial charge on any atom is 0.309 e. The van der Waals surface area contributed by atoms with E-state index in [1.54, 1.807) is 24.3 Å². The molecule has 0 bridgehead atoms. The van der Waals surface area contributed by atoms with Crippen molar-refractivity contribution in [2.24, 2.45) is 0 Å². The van der Waals surface area contributed by atoms with Crippen LogP contribution in [0.1, 0.15) is 36.5 Å². The van der Waals surface area contributed by atoms with Crippen LogP contribution in [0.3, 0.4) is 0 Å². The van der Waals surface area contributed by atoms with Gasteiger partial charge in [0.15, 0.2) is 0 Å². The Balaban J connectivity index is 1.53. The van der Waals surface area contributed by atoms with Crippen LogP contribution in [-0.4, -0.2) is 37.7 Å². The van der Waals surface area contributed by atoms with Crippen molar-refractivity contribution < 1.29 is 28.2 Å². The van der Waals surface area contributed by atoms with Crippen molar-refractivity contribution in [1.82, 2.24) is 5.32 Å². The molecule has 9 heteroatoms. The largest absolute Gasteiger partial charge is 0.416 e. The Morgan fingerprint density at radius 3 is 2.52 bits per heavy atom. The van der Waals surface area contributed by atoms with Crippen molar-refractivity contribution in [2.45, 2.75) is 44.6 Å². The van der Waals surface area contributed by atoms with Crippen LogP contribution in [0.15, 0.2) is 36.4 Å². The number of fused-ring (bicyclic) bond motifs is 2. The molecule has 0 aromatic heterocycles. The van der Waals surface area contributed by atoms with Gasteiger partial charge in [-0.3, -0.25) is 9.59 Å².